The normalized spacial score (nSPS) is 9.83. The first-order valence-electron chi connectivity index (χ1n) is 5.13. The first-order valence-corrected chi connectivity index (χ1v) is 5.13. The minimum absolute atomic E-state index is 0.177. The van der Waals surface area contributed by atoms with Gasteiger partial charge in [-0.15, -0.1) is 0 Å². The lowest BCUT2D eigenvalue weighted by atomic mass is 10.1. The van der Waals surface area contributed by atoms with Gasteiger partial charge in [-0.2, -0.15) is 10.4 Å². The summed E-state index contributed by atoms with van der Waals surface area (Å²) in [6, 6.07) is 6.04. The first-order chi connectivity index (χ1) is 8.61. The van der Waals surface area contributed by atoms with Crippen LogP contribution in [-0.2, 0) is 0 Å². The number of carbonyl (C=O) groups is 1. The molecule has 0 saturated heterocycles. The third-order valence-electron chi connectivity index (χ3n) is 2.43. The molecule has 0 atom stereocenters. The molecule has 5 nitrogen and oxygen atoms in total. The predicted octanol–water partition coefficient (Wildman–Crippen LogP) is 1.98. The summed E-state index contributed by atoms with van der Waals surface area (Å²) in [5.74, 6) is -0.758. The molecule has 2 rings (SSSR count). The maximum absolute atomic E-state index is 13.3. The Morgan fingerprint density at radius 3 is 3.00 bits per heavy atom. The van der Waals surface area contributed by atoms with Crippen LogP contribution in [0, 0.1) is 24.1 Å². The molecule has 18 heavy (non-hydrogen) atoms. The molecule has 0 aliphatic carbocycles. The van der Waals surface area contributed by atoms with Gasteiger partial charge in [0, 0.05) is 5.56 Å². The highest BCUT2D eigenvalue weighted by molar-refractivity contribution is 6.04. The lowest BCUT2D eigenvalue weighted by Crippen LogP contribution is -2.13. The zero-order chi connectivity index (χ0) is 13.1. The summed E-state index contributed by atoms with van der Waals surface area (Å²) in [5, 5.41) is 17.3. The predicted molar refractivity (Wildman–Crippen MR) is 62.4 cm³/mol. The summed E-state index contributed by atoms with van der Waals surface area (Å²) in [6.07, 6.45) is 1.30. The van der Waals surface area contributed by atoms with Gasteiger partial charge in [0.05, 0.1) is 6.20 Å². The highest BCUT2D eigenvalue weighted by atomic mass is 19.1. The molecule has 1 aromatic carbocycles. The van der Waals surface area contributed by atoms with Crippen LogP contribution in [0.25, 0.3) is 0 Å². The van der Waals surface area contributed by atoms with Gasteiger partial charge < -0.3 is 5.32 Å². The zero-order valence-corrected chi connectivity index (χ0v) is 9.49. The monoisotopic (exact) mass is 244 g/mol. The Morgan fingerprint density at radius 2 is 2.33 bits per heavy atom. The molecule has 2 N–H and O–H groups in total. The van der Waals surface area contributed by atoms with Gasteiger partial charge in [-0.1, -0.05) is 6.07 Å². The van der Waals surface area contributed by atoms with Gasteiger partial charge in [-0.05, 0) is 24.6 Å². The Hall–Kier alpha value is -2.68. The summed E-state index contributed by atoms with van der Waals surface area (Å²) >= 11 is 0. The van der Waals surface area contributed by atoms with Crippen molar-refractivity contribution in [2.75, 3.05) is 5.32 Å². The molecule has 0 spiro atoms. The van der Waals surface area contributed by atoms with Crippen LogP contribution in [0.3, 0.4) is 0 Å². The second-order valence-electron chi connectivity index (χ2n) is 3.69. The van der Waals surface area contributed by atoms with E-state index in [-0.39, 0.29) is 16.9 Å². The van der Waals surface area contributed by atoms with E-state index in [1.807, 2.05) is 6.07 Å². The van der Waals surface area contributed by atoms with Crippen LogP contribution in [0.4, 0.5) is 10.2 Å². The van der Waals surface area contributed by atoms with Gasteiger partial charge in [0.25, 0.3) is 5.91 Å². The van der Waals surface area contributed by atoms with E-state index in [9.17, 15) is 9.18 Å². The molecule has 1 heterocycles. The fourth-order valence-corrected chi connectivity index (χ4v) is 1.39. The number of carbonyl (C=O) groups excluding carboxylic acids is 1. The van der Waals surface area contributed by atoms with Crippen LogP contribution >= 0.6 is 0 Å². The Balaban J connectivity index is 2.23. The van der Waals surface area contributed by atoms with Gasteiger partial charge in [0.1, 0.15) is 23.3 Å². The molecule has 0 fully saturated rings. The van der Waals surface area contributed by atoms with Gasteiger partial charge in [0.15, 0.2) is 0 Å². The Morgan fingerprint density at radius 1 is 1.56 bits per heavy atom. The second kappa shape index (κ2) is 4.67. The highest BCUT2D eigenvalue weighted by Gasteiger charge is 2.11. The number of nitrogens with one attached hydrogen (secondary N) is 2. The Labute approximate surface area is 102 Å². The van der Waals surface area contributed by atoms with Crippen LogP contribution < -0.4 is 5.32 Å². The van der Waals surface area contributed by atoms with Gasteiger partial charge in [-0.25, -0.2) is 4.39 Å². The van der Waals surface area contributed by atoms with E-state index >= 15 is 0 Å². The van der Waals surface area contributed by atoms with Crippen LogP contribution in [0.15, 0.2) is 24.4 Å². The van der Waals surface area contributed by atoms with Gasteiger partial charge in [-0.3, -0.25) is 9.89 Å². The SMILES string of the molecule is Cc1ccc(C(=O)Nc2[nH]ncc2C#N)cc1F. The van der Waals surface area contributed by atoms with E-state index in [1.54, 1.807) is 6.92 Å². The molecule has 0 aliphatic heterocycles. The number of amides is 1. The lowest BCUT2D eigenvalue weighted by molar-refractivity contribution is 0.102. The number of H-pyrrole nitrogens is 1. The smallest absolute Gasteiger partial charge is 0.256 e. The molecule has 6 heteroatoms. The molecule has 2 aromatic rings. The standard InChI is InChI=1S/C12H9FN4O/c1-7-2-3-8(4-10(7)13)12(18)16-11-9(5-14)6-15-17-11/h2-4,6H,1H3,(H2,15,16,17,18). The molecule has 0 saturated carbocycles. The molecule has 1 amide bonds. The number of rotatable bonds is 2. The van der Waals surface area contributed by atoms with Crippen LogP contribution in [-0.4, -0.2) is 16.1 Å². The number of anilines is 1. The molecular weight excluding hydrogens is 235 g/mol. The van der Waals surface area contributed by atoms with Gasteiger partial charge in [0.2, 0.25) is 0 Å². The maximum Gasteiger partial charge on any atom is 0.256 e. The summed E-state index contributed by atoms with van der Waals surface area (Å²) in [5.41, 5.74) is 0.860. The van der Waals surface area contributed by atoms with Crippen molar-refractivity contribution in [2.24, 2.45) is 0 Å². The number of aryl methyl sites for hydroxylation is 1. The number of benzene rings is 1. The van der Waals surface area contributed by atoms with Crippen LogP contribution in [0.1, 0.15) is 21.5 Å². The van der Waals surface area contributed by atoms with Crippen molar-refractivity contribution in [3.05, 3.63) is 46.9 Å². The zero-order valence-electron chi connectivity index (χ0n) is 9.49. The van der Waals surface area contributed by atoms with E-state index in [0.29, 0.717) is 5.56 Å². The van der Waals surface area contributed by atoms with Crippen molar-refractivity contribution >= 4 is 11.7 Å². The lowest BCUT2D eigenvalue weighted by Gasteiger charge is -2.04. The average Bonchev–Trinajstić information content (AvgIpc) is 2.79. The van der Waals surface area contributed by atoms with Crippen molar-refractivity contribution < 1.29 is 9.18 Å². The summed E-state index contributed by atoms with van der Waals surface area (Å²) in [4.78, 5) is 11.8. The van der Waals surface area contributed by atoms with E-state index in [2.05, 4.69) is 15.5 Å². The summed E-state index contributed by atoms with van der Waals surface area (Å²) in [7, 11) is 0. The number of aromatic nitrogens is 2. The molecule has 90 valence electrons. The number of nitrogens with zero attached hydrogens (tertiary/aromatic N) is 2. The minimum Gasteiger partial charge on any atom is -0.306 e. The largest absolute Gasteiger partial charge is 0.306 e. The number of nitriles is 1. The Kier molecular flexibility index (Phi) is 3.06. The van der Waals surface area contributed by atoms with Crippen molar-refractivity contribution in [3.63, 3.8) is 0 Å². The Bertz CT molecular complexity index is 642. The molecular formula is C12H9FN4O. The number of aromatic amines is 1. The number of hydrogen-bond donors (Lipinski definition) is 2. The van der Waals surface area contributed by atoms with E-state index in [4.69, 9.17) is 5.26 Å². The van der Waals surface area contributed by atoms with Crippen molar-refractivity contribution in [1.29, 1.82) is 5.26 Å². The number of halogens is 1. The van der Waals surface area contributed by atoms with Crippen LogP contribution in [0.5, 0.6) is 0 Å². The maximum atomic E-state index is 13.3. The third-order valence-corrected chi connectivity index (χ3v) is 2.43. The molecule has 1 aromatic heterocycles. The highest BCUT2D eigenvalue weighted by Crippen LogP contribution is 2.13. The van der Waals surface area contributed by atoms with E-state index in [1.165, 1.54) is 18.3 Å². The van der Waals surface area contributed by atoms with Crippen molar-refractivity contribution in [1.82, 2.24) is 10.2 Å². The van der Waals surface area contributed by atoms with Crippen molar-refractivity contribution in [3.8, 4) is 6.07 Å². The quantitative estimate of drug-likeness (QED) is 0.847. The molecule has 0 aliphatic rings. The third kappa shape index (κ3) is 2.20. The fraction of sp³-hybridized carbons (Fsp3) is 0.0833. The molecule has 0 unspecified atom stereocenters. The van der Waals surface area contributed by atoms with Crippen molar-refractivity contribution in [2.45, 2.75) is 6.92 Å². The average molecular weight is 244 g/mol. The first kappa shape index (κ1) is 11.8. The van der Waals surface area contributed by atoms with Crippen LogP contribution in [0.2, 0.25) is 0 Å². The topological polar surface area (TPSA) is 81.6 Å². The minimum atomic E-state index is -0.505. The summed E-state index contributed by atoms with van der Waals surface area (Å²) in [6.45, 7) is 1.61. The van der Waals surface area contributed by atoms with E-state index in [0.717, 1.165) is 6.07 Å². The van der Waals surface area contributed by atoms with E-state index < -0.39 is 11.7 Å². The fourth-order valence-electron chi connectivity index (χ4n) is 1.39. The second-order valence-corrected chi connectivity index (χ2v) is 3.69. The van der Waals surface area contributed by atoms with Gasteiger partial charge >= 0.3 is 0 Å². The molecule has 0 bridgehead atoms. The number of hydrogen-bond acceptors (Lipinski definition) is 3. The summed E-state index contributed by atoms with van der Waals surface area (Å²) < 4.78 is 13.3. The molecule has 0 radical (unpaired) electrons.